The van der Waals surface area contributed by atoms with Gasteiger partial charge in [0.15, 0.2) is 0 Å². The lowest BCUT2D eigenvalue weighted by atomic mass is 9.88. The molecule has 1 saturated carbocycles. The first-order valence-corrected chi connectivity index (χ1v) is 4.86. The minimum atomic E-state index is 0.675. The van der Waals surface area contributed by atoms with E-state index >= 15 is 0 Å². The molecule has 2 nitrogen and oxygen atoms in total. The maximum atomic E-state index is 3.66. The highest BCUT2D eigenvalue weighted by Crippen LogP contribution is 2.20. The van der Waals surface area contributed by atoms with E-state index in [1.165, 1.54) is 25.7 Å². The molecule has 0 radical (unpaired) electrons. The Kier molecular flexibility index (Phi) is 2.14. The van der Waals surface area contributed by atoms with Crippen molar-refractivity contribution in [1.29, 1.82) is 0 Å². The average molecular weight is 154 g/mol. The summed E-state index contributed by atoms with van der Waals surface area (Å²) in [6.45, 7) is 3.42. The molecule has 2 N–H and O–H groups in total. The van der Waals surface area contributed by atoms with Crippen molar-refractivity contribution in [2.24, 2.45) is 0 Å². The summed E-state index contributed by atoms with van der Waals surface area (Å²) in [5, 5.41) is 7.26. The van der Waals surface area contributed by atoms with Gasteiger partial charge in [-0.2, -0.15) is 0 Å². The van der Waals surface area contributed by atoms with Gasteiger partial charge < -0.3 is 10.6 Å². The molecule has 1 heterocycles. The molecular formula is C9H18N2. The minimum absolute atomic E-state index is 0.675. The van der Waals surface area contributed by atoms with Crippen LogP contribution in [0.2, 0.25) is 0 Å². The predicted molar refractivity (Wildman–Crippen MR) is 46.6 cm³/mol. The number of fused-ring (bicyclic) bond motifs is 1. The topological polar surface area (TPSA) is 24.1 Å². The molecule has 1 aliphatic carbocycles. The van der Waals surface area contributed by atoms with Crippen LogP contribution in [0.1, 0.15) is 32.6 Å². The van der Waals surface area contributed by atoms with Crippen LogP contribution in [0.25, 0.3) is 0 Å². The molecule has 2 aliphatic rings. The molecule has 3 atom stereocenters. The second kappa shape index (κ2) is 3.11. The zero-order valence-electron chi connectivity index (χ0n) is 7.27. The van der Waals surface area contributed by atoms with Crippen LogP contribution in [0.4, 0.5) is 0 Å². The first-order chi connectivity index (χ1) is 5.36. The molecule has 2 heteroatoms. The number of rotatable bonds is 0. The van der Waals surface area contributed by atoms with Crippen molar-refractivity contribution in [2.75, 3.05) is 6.54 Å². The van der Waals surface area contributed by atoms with Gasteiger partial charge in [0, 0.05) is 24.7 Å². The maximum Gasteiger partial charge on any atom is 0.0224 e. The Morgan fingerprint density at radius 3 is 2.64 bits per heavy atom. The Labute approximate surface area is 68.7 Å². The molecule has 1 aliphatic heterocycles. The van der Waals surface area contributed by atoms with Crippen LogP contribution >= 0.6 is 0 Å². The second-order valence-electron chi connectivity index (χ2n) is 3.97. The summed E-state index contributed by atoms with van der Waals surface area (Å²) in [5.74, 6) is 0. The smallest absolute Gasteiger partial charge is 0.0224 e. The molecular weight excluding hydrogens is 136 g/mol. The van der Waals surface area contributed by atoms with Gasteiger partial charge in [0.05, 0.1) is 0 Å². The monoisotopic (exact) mass is 154 g/mol. The van der Waals surface area contributed by atoms with Gasteiger partial charge in [-0.1, -0.05) is 12.8 Å². The first-order valence-electron chi connectivity index (χ1n) is 4.86. The molecule has 0 aromatic heterocycles. The van der Waals surface area contributed by atoms with E-state index in [4.69, 9.17) is 0 Å². The fourth-order valence-electron chi connectivity index (χ4n) is 2.33. The van der Waals surface area contributed by atoms with E-state index < -0.39 is 0 Å². The van der Waals surface area contributed by atoms with E-state index in [2.05, 4.69) is 17.6 Å². The van der Waals surface area contributed by atoms with Gasteiger partial charge in [-0.3, -0.25) is 0 Å². The molecule has 0 aromatic rings. The Balaban J connectivity index is 1.93. The van der Waals surface area contributed by atoms with Crippen LogP contribution in [0.15, 0.2) is 0 Å². The molecule has 64 valence electrons. The normalized spacial score (nSPS) is 45.0. The summed E-state index contributed by atoms with van der Waals surface area (Å²) in [4.78, 5) is 0. The largest absolute Gasteiger partial charge is 0.311 e. The number of hydrogen-bond acceptors (Lipinski definition) is 2. The standard InChI is InChI=1S/C9H18N2/c1-7-6-10-8-4-2-3-5-9(8)11-7/h7-11H,2-6H2,1H3/t7-,8-,9+/m1/s1. The molecule has 2 rings (SSSR count). The highest BCUT2D eigenvalue weighted by atomic mass is 15.1. The quantitative estimate of drug-likeness (QED) is 0.541. The summed E-state index contributed by atoms with van der Waals surface area (Å²) >= 11 is 0. The third-order valence-corrected chi connectivity index (χ3v) is 2.95. The van der Waals surface area contributed by atoms with Crippen molar-refractivity contribution in [1.82, 2.24) is 10.6 Å². The Bertz CT molecular complexity index is 136. The van der Waals surface area contributed by atoms with Gasteiger partial charge in [-0.25, -0.2) is 0 Å². The van der Waals surface area contributed by atoms with Crippen molar-refractivity contribution in [3.63, 3.8) is 0 Å². The molecule has 1 saturated heterocycles. The van der Waals surface area contributed by atoms with Crippen molar-refractivity contribution >= 4 is 0 Å². The van der Waals surface area contributed by atoms with Crippen LogP contribution in [0.3, 0.4) is 0 Å². The number of hydrogen-bond donors (Lipinski definition) is 2. The van der Waals surface area contributed by atoms with Crippen molar-refractivity contribution in [2.45, 2.75) is 50.7 Å². The van der Waals surface area contributed by atoms with E-state index in [1.54, 1.807) is 0 Å². The molecule has 11 heavy (non-hydrogen) atoms. The van der Waals surface area contributed by atoms with Gasteiger partial charge in [-0.05, 0) is 19.8 Å². The Morgan fingerprint density at radius 2 is 1.82 bits per heavy atom. The van der Waals surface area contributed by atoms with E-state index in [0.717, 1.165) is 18.6 Å². The SMILES string of the molecule is C[C@@H]1CN[C@@H]2CCCC[C@@H]2N1. The summed E-state index contributed by atoms with van der Waals surface area (Å²) in [5.41, 5.74) is 0. The highest BCUT2D eigenvalue weighted by molar-refractivity contribution is 4.92. The van der Waals surface area contributed by atoms with E-state index in [0.29, 0.717) is 6.04 Å². The fourth-order valence-corrected chi connectivity index (χ4v) is 2.33. The summed E-state index contributed by atoms with van der Waals surface area (Å²) < 4.78 is 0. The lowest BCUT2D eigenvalue weighted by molar-refractivity contribution is 0.219. The third kappa shape index (κ3) is 1.57. The van der Waals surface area contributed by atoms with Crippen molar-refractivity contribution in [3.8, 4) is 0 Å². The van der Waals surface area contributed by atoms with Gasteiger partial charge in [-0.15, -0.1) is 0 Å². The summed E-state index contributed by atoms with van der Waals surface area (Å²) in [6.07, 6.45) is 5.60. The van der Waals surface area contributed by atoms with Crippen LogP contribution in [-0.2, 0) is 0 Å². The van der Waals surface area contributed by atoms with E-state index in [1.807, 2.05) is 0 Å². The highest BCUT2D eigenvalue weighted by Gasteiger charge is 2.29. The van der Waals surface area contributed by atoms with E-state index in [9.17, 15) is 0 Å². The molecule has 2 fully saturated rings. The molecule has 0 spiro atoms. The fraction of sp³-hybridized carbons (Fsp3) is 1.00. The Morgan fingerprint density at radius 1 is 1.09 bits per heavy atom. The molecule has 0 aromatic carbocycles. The lowest BCUT2D eigenvalue weighted by Gasteiger charge is -2.40. The zero-order valence-corrected chi connectivity index (χ0v) is 7.27. The minimum Gasteiger partial charge on any atom is -0.311 e. The third-order valence-electron chi connectivity index (χ3n) is 2.95. The van der Waals surface area contributed by atoms with Crippen LogP contribution in [0.5, 0.6) is 0 Å². The summed E-state index contributed by atoms with van der Waals surface area (Å²) in [6, 6.07) is 2.22. The lowest BCUT2D eigenvalue weighted by Crippen LogP contribution is -2.60. The predicted octanol–water partition coefficient (Wildman–Crippen LogP) is 0.879. The van der Waals surface area contributed by atoms with Crippen molar-refractivity contribution < 1.29 is 0 Å². The number of piperazine rings is 1. The number of nitrogens with one attached hydrogen (secondary N) is 2. The second-order valence-corrected chi connectivity index (χ2v) is 3.97. The van der Waals surface area contributed by atoms with Crippen LogP contribution < -0.4 is 10.6 Å². The van der Waals surface area contributed by atoms with Crippen LogP contribution in [-0.4, -0.2) is 24.7 Å². The van der Waals surface area contributed by atoms with Gasteiger partial charge in [0.1, 0.15) is 0 Å². The summed E-state index contributed by atoms with van der Waals surface area (Å²) in [7, 11) is 0. The average Bonchev–Trinajstić information content (AvgIpc) is 2.04. The van der Waals surface area contributed by atoms with Gasteiger partial charge in [0.2, 0.25) is 0 Å². The maximum absolute atomic E-state index is 3.66. The first kappa shape index (κ1) is 7.56. The van der Waals surface area contributed by atoms with Crippen LogP contribution in [0, 0.1) is 0 Å². The molecule has 0 unspecified atom stereocenters. The Hall–Kier alpha value is -0.0800. The molecule has 0 bridgehead atoms. The van der Waals surface area contributed by atoms with Crippen molar-refractivity contribution in [3.05, 3.63) is 0 Å². The van der Waals surface area contributed by atoms with Gasteiger partial charge in [0.25, 0.3) is 0 Å². The van der Waals surface area contributed by atoms with Gasteiger partial charge >= 0.3 is 0 Å². The zero-order chi connectivity index (χ0) is 7.68. The molecule has 0 amide bonds. The van der Waals surface area contributed by atoms with E-state index in [-0.39, 0.29) is 0 Å².